The summed E-state index contributed by atoms with van der Waals surface area (Å²) in [5, 5.41) is 0. The monoisotopic (exact) mass is 263 g/mol. The van der Waals surface area contributed by atoms with Crippen LogP contribution in [0.4, 0.5) is 0 Å². The number of nitrogens with zero attached hydrogens (tertiary/aromatic N) is 1. The third-order valence-corrected chi connectivity index (χ3v) is 2.47. The average Bonchev–Trinajstić information content (AvgIpc) is 2.71. The van der Waals surface area contributed by atoms with Crippen LogP contribution in [0, 0.1) is 0 Å². The molecule has 11 heavy (non-hydrogen) atoms. The van der Waals surface area contributed by atoms with Gasteiger partial charge >= 0.3 is 0 Å². The first-order chi connectivity index (χ1) is 5.34. The zero-order chi connectivity index (χ0) is 7.68. The minimum atomic E-state index is 0.249. The van der Waals surface area contributed by atoms with Gasteiger partial charge in [0, 0.05) is 22.4 Å². The minimum absolute atomic E-state index is 0.249. The Kier molecular flexibility index (Phi) is 2.27. The highest BCUT2D eigenvalue weighted by atomic mass is 127. The van der Waals surface area contributed by atoms with Crippen LogP contribution in [0.2, 0.25) is 0 Å². The summed E-state index contributed by atoms with van der Waals surface area (Å²) in [6.07, 6.45) is 8.08. The summed E-state index contributed by atoms with van der Waals surface area (Å²) < 4.78 is 6.97. The number of aliphatic imine (C=N–C) groups is 1. The summed E-state index contributed by atoms with van der Waals surface area (Å²) in [6, 6.07) is 0. The number of rotatable bonds is 2. The van der Waals surface area contributed by atoms with E-state index in [0.29, 0.717) is 6.10 Å². The van der Waals surface area contributed by atoms with Crippen LogP contribution in [0.3, 0.4) is 0 Å². The van der Waals surface area contributed by atoms with Crippen LogP contribution in [0.1, 0.15) is 19.3 Å². The molecule has 1 unspecified atom stereocenters. The van der Waals surface area contributed by atoms with Gasteiger partial charge in [0.2, 0.25) is 0 Å². The number of halogens is 1. The third-order valence-electron chi connectivity index (χ3n) is 1.75. The maximum absolute atomic E-state index is 5.68. The van der Waals surface area contributed by atoms with E-state index < -0.39 is 0 Å². The molecule has 0 aromatic carbocycles. The van der Waals surface area contributed by atoms with Crippen LogP contribution in [-0.2, 0) is 4.74 Å². The van der Waals surface area contributed by atoms with Crippen molar-refractivity contribution in [3.63, 3.8) is 0 Å². The Bertz CT molecular complexity index is 208. The second-order valence-electron chi connectivity index (χ2n) is 2.95. The fourth-order valence-electron chi connectivity index (χ4n) is 1.05. The average molecular weight is 263 g/mol. The standard InChI is InChI=1S/C8H10INO/c9-6-3-8(5-10-4-6)11-7-1-2-7/h4-5,7-8H,1-3H2. The normalized spacial score (nSPS) is 30.3. The van der Waals surface area contributed by atoms with Crippen LogP contribution in [-0.4, -0.2) is 18.4 Å². The lowest BCUT2D eigenvalue weighted by atomic mass is 10.2. The molecule has 0 aromatic rings. The van der Waals surface area contributed by atoms with E-state index in [0.717, 1.165) is 6.42 Å². The highest BCUT2D eigenvalue weighted by Crippen LogP contribution is 2.28. The molecule has 2 nitrogen and oxygen atoms in total. The Labute approximate surface area is 79.9 Å². The number of hydrogen-bond acceptors (Lipinski definition) is 2. The van der Waals surface area contributed by atoms with Gasteiger partial charge in [0.25, 0.3) is 0 Å². The summed E-state index contributed by atoms with van der Waals surface area (Å²) in [4.78, 5) is 4.10. The van der Waals surface area contributed by atoms with Gasteiger partial charge in [-0.1, -0.05) is 0 Å². The van der Waals surface area contributed by atoms with Crippen molar-refractivity contribution < 1.29 is 4.74 Å². The van der Waals surface area contributed by atoms with E-state index in [1.54, 1.807) is 0 Å². The van der Waals surface area contributed by atoms with E-state index in [2.05, 4.69) is 27.6 Å². The highest BCUT2D eigenvalue weighted by molar-refractivity contribution is 14.1. The van der Waals surface area contributed by atoms with E-state index in [4.69, 9.17) is 4.74 Å². The quantitative estimate of drug-likeness (QED) is 0.700. The highest BCUT2D eigenvalue weighted by Gasteiger charge is 2.26. The predicted octanol–water partition coefficient (Wildman–Crippen LogP) is 2.28. The minimum Gasteiger partial charge on any atom is -0.369 e. The second-order valence-corrected chi connectivity index (χ2v) is 4.34. The van der Waals surface area contributed by atoms with Crippen molar-refractivity contribution in [1.29, 1.82) is 0 Å². The van der Waals surface area contributed by atoms with Crippen molar-refractivity contribution in [2.45, 2.75) is 31.5 Å². The molecule has 1 fully saturated rings. The molecule has 2 rings (SSSR count). The Morgan fingerprint density at radius 2 is 2.36 bits per heavy atom. The lowest BCUT2D eigenvalue weighted by molar-refractivity contribution is 0.0874. The van der Waals surface area contributed by atoms with Crippen molar-refractivity contribution in [2.24, 2.45) is 4.99 Å². The van der Waals surface area contributed by atoms with Gasteiger partial charge in [-0.2, -0.15) is 0 Å². The second kappa shape index (κ2) is 3.23. The first kappa shape index (κ1) is 7.73. The Morgan fingerprint density at radius 1 is 1.55 bits per heavy atom. The van der Waals surface area contributed by atoms with Crippen LogP contribution in [0.5, 0.6) is 0 Å². The molecule has 1 aliphatic heterocycles. The Balaban J connectivity index is 1.86. The molecule has 0 aromatic heterocycles. The van der Waals surface area contributed by atoms with E-state index in [1.165, 1.54) is 16.4 Å². The lowest BCUT2D eigenvalue weighted by Gasteiger charge is -2.14. The molecule has 3 heteroatoms. The van der Waals surface area contributed by atoms with Crippen LogP contribution in [0.15, 0.2) is 14.8 Å². The van der Waals surface area contributed by atoms with Crippen LogP contribution >= 0.6 is 22.6 Å². The molecule has 0 spiro atoms. The summed E-state index contributed by atoms with van der Waals surface area (Å²) in [5.41, 5.74) is 0. The zero-order valence-corrected chi connectivity index (χ0v) is 8.32. The molecule has 60 valence electrons. The SMILES string of the molecule is IC1=CN=CC(OC2CC2)C1. The molecule has 1 saturated carbocycles. The van der Waals surface area contributed by atoms with Crippen molar-refractivity contribution >= 4 is 28.8 Å². The molecule has 0 radical (unpaired) electrons. The van der Waals surface area contributed by atoms with E-state index in [9.17, 15) is 0 Å². The maximum atomic E-state index is 5.68. The molecule has 1 heterocycles. The molecule has 0 amide bonds. The van der Waals surface area contributed by atoms with Gasteiger partial charge in [-0.05, 0) is 35.4 Å². The van der Waals surface area contributed by atoms with Gasteiger partial charge in [-0.25, -0.2) is 0 Å². The van der Waals surface area contributed by atoms with Crippen molar-refractivity contribution in [1.82, 2.24) is 0 Å². The van der Waals surface area contributed by atoms with Crippen LogP contribution < -0.4 is 0 Å². The maximum Gasteiger partial charge on any atom is 0.0974 e. The number of hydrogen-bond donors (Lipinski definition) is 0. The first-order valence-corrected chi connectivity index (χ1v) is 4.96. The van der Waals surface area contributed by atoms with Gasteiger partial charge < -0.3 is 4.74 Å². The molecule has 0 N–H and O–H groups in total. The summed E-state index contributed by atoms with van der Waals surface area (Å²) in [5.74, 6) is 0. The van der Waals surface area contributed by atoms with Gasteiger partial charge in [0.05, 0.1) is 12.2 Å². The zero-order valence-electron chi connectivity index (χ0n) is 6.16. The molecular weight excluding hydrogens is 253 g/mol. The molecule has 0 bridgehead atoms. The first-order valence-electron chi connectivity index (χ1n) is 3.88. The smallest absolute Gasteiger partial charge is 0.0974 e. The van der Waals surface area contributed by atoms with E-state index >= 15 is 0 Å². The van der Waals surface area contributed by atoms with Gasteiger partial charge in [-0.3, -0.25) is 4.99 Å². The van der Waals surface area contributed by atoms with Crippen molar-refractivity contribution in [2.75, 3.05) is 0 Å². The van der Waals surface area contributed by atoms with Gasteiger partial charge in [0.15, 0.2) is 0 Å². The van der Waals surface area contributed by atoms with Crippen molar-refractivity contribution in [3.8, 4) is 0 Å². The Hall–Kier alpha value is 0.1000. The van der Waals surface area contributed by atoms with Crippen molar-refractivity contribution in [3.05, 3.63) is 9.78 Å². The third kappa shape index (κ3) is 2.27. The fourth-order valence-corrected chi connectivity index (χ4v) is 1.65. The predicted molar refractivity (Wildman–Crippen MR) is 53.1 cm³/mol. The molecule has 2 aliphatic rings. The molecule has 0 saturated heterocycles. The summed E-state index contributed by atoms with van der Waals surface area (Å²) in [7, 11) is 0. The molecule has 1 atom stereocenters. The van der Waals surface area contributed by atoms with E-state index in [1.807, 2.05) is 12.4 Å². The molecular formula is C8H10INO. The number of ether oxygens (including phenoxy) is 1. The summed E-state index contributed by atoms with van der Waals surface area (Å²) in [6.45, 7) is 0. The topological polar surface area (TPSA) is 21.6 Å². The van der Waals surface area contributed by atoms with E-state index in [-0.39, 0.29) is 6.10 Å². The van der Waals surface area contributed by atoms with Gasteiger partial charge in [0.1, 0.15) is 0 Å². The summed E-state index contributed by atoms with van der Waals surface area (Å²) >= 11 is 2.31. The lowest BCUT2D eigenvalue weighted by Crippen LogP contribution is -2.17. The van der Waals surface area contributed by atoms with Crippen LogP contribution in [0.25, 0.3) is 0 Å². The molecule has 1 aliphatic carbocycles. The Morgan fingerprint density at radius 3 is 3.00 bits per heavy atom. The van der Waals surface area contributed by atoms with Gasteiger partial charge in [-0.15, -0.1) is 0 Å². The fraction of sp³-hybridized carbons (Fsp3) is 0.625. The largest absolute Gasteiger partial charge is 0.369 e.